The van der Waals surface area contributed by atoms with Crippen LogP contribution in [0.2, 0.25) is 0 Å². The van der Waals surface area contributed by atoms with Crippen molar-refractivity contribution in [1.29, 1.82) is 0 Å². The van der Waals surface area contributed by atoms with Gasteiger partial charge in [-0.2, -0.15) is 0 Å². The molecule has 1 heteroatoms. The average Bonchev–Trinajstić information content (AvgIpc) is 2.19. The SMILES string of the molecule is Cc1ccc2c(c1)C(C)CCC2CN. The number of nitrogens with two attached hydrogens (primary N) is 1. The summed E-state index contributed by atoms with van der Waals surface area (Å²) in [5, 5.41) is 0. The Morgan fingerprint density at radius 3 is 2.79 bits per heavy atom. The summed E-state index contributed by atoms with van der Waals surface area (Å²) in [6.07, 6.45) is 2.55. The van der Waals surface area contributed by atoms with Crippen molar-refractivity contribution in [2.24, 2.45) is 5.73 Å². The van der Waals surface area contributed by atoms with E-state index in [4.69, 9.17) is 5.73 Å². The summed E-state index contributed by atoms with van der Waals surface area (Å²) in [4.78, 5) is 0. The van der Waals surface area contributed by atoms with Crippen molar-refractivity contribution < 1.29 is 0 Å². The molecule has 0 aromatic heterocycles. The lowest BCUT2D eigenvalue weighted by atomic mass is 9.77. The van der Waals surface area contributed by atoms with Crippen molar-refractivity contribution in [2.75, 3.05) is 6.54 Å². The van der Waals surface area contributed by atoms with Gasteiger partial charge in [-0.15, -0.1) is 0 Å². The molecule has 0 spiro atoms. The zero-order chi connectivity index (χ0) is 10.1. The van der Waals surface area contributed by atoms with E-state index in [-0.39, 0.29) is 0 Å². The van der Waals surface area contributed by atoms with Crippen LogP contribution in [0.15, 0.2) is 18.2 Å². The molecule has 1 aromatic carbocycles. The molecule has 2 atom stereocenters. The second-order valence-corrected chi connectivity index (χ2v) is 4.54. The molecule has 76 valence electrons. The third-order valence-electron chi connectivity index (χ3n) is 3.45. The van der Waals surface area contributed by atoms with Crippen LogP contribution in [-0.4, -0.2) is 6.54 Å². The van der Waals surface area contributed by atoms with E-state index in [1.54, 1.807) is 0 Å². The first kappa shape index (κ1) is 9.72. The summed E-state index contributed by atoms with van der Waals surface area (Å²) in [6, 6.07) is 6.82. The molecule has 0 radical (unpaired) electrons. The third kappa shape index (κ3) is 1.57. The van der Waals surface area contributed by atoms with E-state index in [0.29, 0.717) is 11.8 Å². The maximum Gasteiger partial charge on any atom is -0.000813 e. The topological polar surface area (TPSA) is 26.0 Å². The van der Waals surface area contributed by atoms with Crippen LogP contribution >= 0.6 is 0 Å². The van der Waals surface area contributed by atoms with Gasteiger partial charge in [0.1, 0.15) is 0 Å². The van der Waals surface area contributed by atoms with Gasteiger partial charge in [-0.3, -0.25) is 0 Å². The van der Waals surface area contributed by atoms with Crippen LogP contribution in [0.4, 0.5) is 0 Å². The molecule has 1 nitrogen and oxygen atoms in total. The van der Waals surface area contributed by atoms with Crippen molar-refractivity contribution in [3.63, 3.8) is 0 Å². The van der Waals surface area contributed by atoms with Crippen LogP contribution in [0.5, 0.6) is 0 Å². The minimum absolute atomic E-state index is 0.599. The Balaban J connectivity index is 2.45. The lowest BCUT2D eigenvalue weighted by Crippen LogP contribution is -2.19. The van der Waals surface area contributed by atoms with Gasteiger partial charge in [-0.05, 0) is 49.3 Å². The molecule has 0 heterocycles. The Kier molecular flexibility index (Phi) is 2.60. The molecule has 0 fully saturated rings. The van der Waals surface area contributed by atoms with Crippen molar-refractivity contribution >= 4 is 0 Å². The second-order valence-electron chi connectivity index (χ2n) is 4.54. The van der Waals surface area contributed by atoms with Gasteiger partial charge in [0.2, 0.25) is 0 Å². The van der Waals surface area contributed by atoms with Gasteiger partial charge in [0.15, 0.2) is 0 Å². The zero-order valence-corrected chi connectivity index (χ0v) is 9.09. The molecule has 1 aromatic rings. The molecule has 0 bridgehead atoms. The standard InChI is InChI=1S/C13H19N/c1-9-3-6-12-11(8-14)5-4-10(2)13(12)7-9/h3,6-7,10-11H,4-5,8,14H2,1-2H3. The van der Waals surface area contributed by atoms with Crippen molar-refractivity contribution in [1.82, 2.24) is 0 Å². The Morgan fingerprint density at radius 2 is 2.07 bits per heavy atom. The maximum absolute atomic E-state index is 5.80. The van der Waals surface area contributed by atoms with E-state index < -0.39 is 0 Å². The van der Waals surface area contributed by atoms with Crippen molar-refractivity contribution in [2.45, 2.75) is 38.5 Å². The molecular weight excluding hydrogens is 170 g/mol. The molecule has 1 aliphatic rings. The Hall–Kier alpha value is -0.820. The van der Waals surface area contributed by atoms with Crippen LogP contribution in [0.3, 0.4) is 0 Å². The summed E-state index contributed by atoms with van der Waals surface area (Å²) in [5.74, 6) is 1.31. The van der Waals surface area contributed by atoms with Gasteiger partial charge in [0.05, 0.1) is 0 Å². The Bertz CT molecular complexity index is 330. The molecule has 0 aliphatic heterocycles. The van der Waals surface area contributed by atoms with E-state index in [2.05, 4.69) is 32.0 Å². The zero-order valence-electron chi connectivity index (χ0n) is 9.09. The van der Waals surface area contributed by atoms with Gasteiger partial charge in [-0.25, -0.2) is 0 Å². The van der Waals surface area contributed by atoms with Gasteiger partial charge >= 0.3 is 0 Å². The average molecular weight is 189 g/mol. The summed E-state index contributed by atoms with van der Waals surface area (Å²) in [6.45, 7) is 5.28. The highest BCUT2D eigenvalue weighted by Crippen LogP contribution is 2.38. The summed E-state index contributed by atoms with van der Waals surface area (Å²) in [7, 11) is 0. The highest BCUT2D eigenvalue weighted by atomic mass is 14.6. The molecule has 2 N–H and O–H groups in total. The Morgan fingerprint density at radius 1 is 1.29 bits per heavy atom. The quantitative estimate of drug-likeness (QED) is 0.722. The molecule has 1 aliphatic carbocycles. The smallest absolute Gasteiger partial charge is 0.000813 e. The lowest BCUT2D eigenvalue weighted by molar-refractivity contribution is 0.507. The molecule has 14 heavy (non-hydrogen) atoms. The largest absolute Gasteiger partial charge is 0.330 e. The molecule has 0 saturated carbocycles. The van der Waals surface area contributed by atoms with E-state index >= 15 is 0 Å². The number of aryl methyl sites for hydroxylation is 1. The molecule has 0 saturated heterocycles. The van der Waals surface area contributed by atoms with Crippen LogP contribution in [-0.2, 0) is 0 Å². The van der Waals surface area contributed by atoms with Crippen LogP contribution in [0.25, 0.3) is 0 Å². The molecule has 0 amide bonds. The fourth-order valence-corrected chi connectivity index (χ4v) is 2.50. The van der Waals surface area contributed by atoms with Crippen LogP contribution < -0.4 is 5.73 Å². The van der Waals surface area contributed by atoms with Gasteiger partial charge in [-0.1, -0.05) is 30.7 Å². The highest BCUT2D eigenvalue weighted by molar-refractivity contribution is 5.38. The van der Waals surface area contributed by atoms with Crippen molar-refractivity contribution in [3.8, 4) is 0 Å². The number of fused-ring (bicyclic) bond motifs is 1. The van der Waals surface area contributed by atoms with E-state index in [1.807, 2.05) is 0 Å². The predicted molar refractivity (Wildman–Crippen MR) is 60.6 cm³/mol. The minimum atomic E-state index is 0.599. The van der Waals surface area contributed by atoms with Gasteiger partial charge < -0.3 is 5.73 Å². The lowest BCUT2D eigenvalue weighted by Gasteiger charge is -2.29. The first-order chi connectivity index (χ1) is 6.72. The van der Waals surface area contributed by atoms with E-state index in [1.165, 1.54) is 29.5 Å². The molecular formula is C13H19N. The fraction of sp³-hybridized carbons (Fsp3) is 0.538. The number of hydrogen-bond donors (Lipinski definition) is 1. The monoisotopic (exact) mass is 189 g/mol. The maximum atomic E-state index is 5.80. The number of hydrogen-bond acceptors (Lipinski definition) is 1. The van der Waals surface area contributed by atoms with Gasteiger partial charge in [0, 0.05) is 0 Å². The molecule has 2 unspecified atom stereocenters. The highest BCUT2D eigenvalue weighted by Gasteiger charge is 2.23. The normalized spacial score (nSPS) is 25.9. The van der Waals surface area contributed by atoms with Crippen molar-refractivity contribution in [3.05, 3.63) is 34.9 Å². The van der Waals surface area contributed by atoms with E-state index in [0.717, 1.165) is 6.54 Å². The van der Waals surface area contributed by atoms with E-state index in [9.17, 15) is 0 Å². The van der Waals surface area contributed by atoms with Crippen LogP contribution in [0, 0.1) is 6.92 Å². The summed E-state index contributed by atoms with van der Waals surface area (Å²) < 4.78 is 0. The predicted octanol–water partition coefficient (Wildman–Crippen LogP) is 2.93. The first-order valence-corrected chi connectivity index (χ1v) is 5.53. The summed E-state index contributed by atoms with van der Waals surface area (Å²) >= 11 is 0. The third-order valence-corrected chi connectivity index (χ3v) is 3.45. The summed E-state index contributed by atoms with van der Waals surface area (Å²) in [5.41, 5.74) is 10.2. The molecule has 2 rings (SSSR count). The number of benzene rings is 1. The first-order valence-electron chi connectivity index (χ1n) is 5.53. The second kappa shape index (κ2) is 3.74. The number of rotatable bonds is 1. The minimum Gasteiger partial charge on any atom is -0.330 e. The van der Waals surface area contributed by atoms with Gasteiger partial charge in [0.25, 0.3) is 0 Å². The van der Waals surface area contributed by atoms with Crippen LogP contribution in [0.1, 0.15) is 48.3 Å². The Labute approximate surface area is 86.3 Å². The fourth-order valence-electron chi connectivity index (χ4n) is 2.50.